The third-order valence-electron chi connectivity index (χ3n) is 4.37. The Kier molecular flexibility index (Phi) is 4.62. The topological polar surface area (TPSA) is 4.93 Å². The number of aromatic nitrogens is 1. The van der Waals surface area contributed by atoms with Crippen molar-refractivity contribution in [2.45, 2.75) is 24.7 Å². The van der Waals surface area contributed by atoms with Crippen molar-refractivity contribution >= 4 is 38.6 Å². The Balaban J connectivity index is 1.94. The van der Waals surface area contributed by atoms with Crippen molar-refractivity contribution in [3.8, 4) is 0 Å². The number of thioether (sulfide) groups is 1. The number of fused-ring (bicyclic) bond motifs is 3. The van der Waals surface area contributed by atoms with Crippen molar-refractivity contribution in [2.75, 3.05) is 0 Å². The lowest BCUT2D eigenvalue weighted by Crippen LogP contribution is -1.94. The molecule has 25 heavy (non-hydrogen) atoms. The fourth-order valence-electron chi connectivity index (χ4n) is 3.22. The Bertz CT molecular complexity index is 975. The van der Waals surface area contributed by atoms with Crippen LogP contribution in [-0.4, -0.2) is 4.57 Å². The maximum Gasteiger partial charge on any atom is 0.0806 e. The molecule has 124 valence electrons. The van der Waals surface area contributed by atoms with E-state index in [-0.39, 0.29) is 0 Å². The Morgan fingerprint density at radius 2 is 1.36 bits per heavy atom. The van der Waals surface area contributed by atoms with E-state index in [1.54, 1.807) is 0 Å². The number of hydrogen-bond acceptors (Lipinski definition) is 1. The van der Waals surface area contributed by atoms with Crippen molar-refractivity contribution in [1.82, 2.24) is 4.57 Å². The van der Waals surface area contributed by atoms with Crippen molar-refractivity contribution in [1.29, 1.82) is 0 Å². The van der Waals surface area contributed by atoms with Crippen LogP contribution < -0.4 is 0 Å². The van der Waals surface area contributed by atoms with Gasteiger partial charge >= 0.3 is 0 Å². The fourth-order valence-corrected chi connectivity index (χ4v) is 4.24. The van der Waals surface area contributed by atoms with Gasteiger partial charge in [-0.3, -0.25) is 0 Å². The average Bonchev–Trinajstić information content (AvgIpc) is 3.00. The van der Waals surface area contributed by atoms with E-state index in [9.17, 15) is 0 Å². The first-order valence-corrected chi connectivity index (χ1v) is 9.61. The zero-order valence-electron chi connectivity index (χ0n) is 14.4. The summed E-state index contributed by atoms with van der Waals surface area (Å²) in [6, 6.07) is 28.0. The minimum atomic E-state index is 1.08. The summed E-state index contributed by atoms with van der Waals surface area (Å²) < 4.78 is 2.41. The molecule has 0 N–H and O–H groups in total. The van der Waals surface area contributed by atoms with Crippen LogP contribution in [0, 0.1) is 0 Å². The van der Waals surface area contributed by atoms with Crippen LogP contribution in [0.2, 0.25) is 0 Å². The quantitative estimate of drug-likeness (QED) is 0.347. The van der Waals surface area contributed by atoms with Crippen LogP contribution in [0.4, 0.5) is 0 Å². The van der Waals surface area contributed by atoms with E-state index in [1.165, 1.54) is 31.7 Å². The Labute approximate surface area is 153 Å². The summed E-state index contributed by atoms with van der Waals surface area (Å²) in [7, 11) is 0. The molecule has 0 aliphatic carbocycles. The minimum absolute atomic E-state index is 1.08. The van der Waals surface area contributed by atoms with Gasteiger partial charge in [0.1, 0.15) is 0 Å². The SMILES string of the molecule is CCCC=C(Sc1ccccc1)n1c2ccccc2c2ccccc21. The zero-order chi connectivity index (χ0) is 17.1. The van der Waals surface area contributed by atoms with Crippen LogP contribution >= 0.6 is 11.8 Å². The first kappa shape index (κ1) is 16.0. The van der Waals surface area contributed by atoms with Gasteiger partial charge in [-0.25, -0.2) is 0 Å². The second-order valence-corrected chi connectivity index (χ2v) is 7.21. The maximum atomic E-state index is 2.41. The van der Waals surface area contributed by atoms with Gasteiger partial charge in [0, 0.05) is 15.7 Å². The van der Waals surface area contributed by atoms with Crippen molar-refractivity contribution in [3.63, 3.8) is 0 Å². The Morgan fingerprint density at radius 3 is 1.96 bits per heavy atom. The molecule has 0 amide bonds. The van der Waals surface area contributed by atoms with Gasteiger partial charge in [0.05, 0.1) is 16.1 Å². The summed E-state index contributed by atoms with van der Waals surface area (Å²) in [5.41, 5.74) is 2.55. The van der Waals surface area contributed by atoms with Crippen molar-refractivity contribution < 1.29 is 0 Å². The maximum absolute atomic E-state index is 2.41. The largest absolute Gasteiger partial charge is 0.304 e. The lowest BCUT2D eigenvalue weighted by atomic mass is 10.2. The number of hydrogen-bond donors (Lipinski definition) is 0. The van der Waals surface area contributed by atoms with Crippen LogP contribution in [0.1, 0.15) is 19.8 Å². The molecule has 0 fully saturated rings. The molecule has 0 bridgehead atoms. The van der Waals surface area contributed by atoms with Crippen LogP contribution in [-0.2, 0) is 0 Å². The third kappa shape index (κ3) is 3.10. The van der Waals surface area contributed by atoms with E-state index in [2.05, 4.69) is 96.4 Å². The molecular formula is C23H21NS. The summed E-state index contributed by atoms with van der Waals surface area (Å²) in [5, 5.41) is 3.91. The second-order valence-electron chi connectivity index (χ2n) is 6.12. The summed E-state index contributed by atoms with van der Waals surface area (Å²) >= 11 is 1.84. The molecule has 0 saturated carbocycles. The highest BCUT2D eigenvalue weighted by Gasteiger charge is 2.13. The lowest BCUT2D eigenvalue weighted by molar-refractivity contribution is 0.957. The average molecular weight is 343 g/mol. The first-order valence-electron chi connectivity index (χ1n) is 8.80. The fraction of sp³-hybridized carbons (Fsp3) is 0.130. The van der Waals surface area contributed by atoms with Crippen LogP contribution in [0.5, 0.6) is 0 Å². The molecule has 0 radical (unpaired) electrons. The van der Waals surface area contributed by atoms with Crippen molar-refractivity contribution in [3.05, 3.63) is 84.9 Å². The predicted octanol–water partition coefficient (Wildman–Crippen LogP) is 7.19. The van der Waals surface area contributed by atoms with Gasteiger partial charge in [0.2, 0.25) is 0 Å². The van der Waals surface area contributed by atoms with Gasteiger partial charge < -0.3 is 4.57 Å². The number of unbranched alkanes of at least 4 members (excludes halogenated alkanes) is 1. The van der Waals surface area contributed by atoms with E-state index < -0.39 is 0 Å². The highest BCUT2D eigenvalue weighted by molar-refractivity contribution is 8.08. The summed E-state index contributed by atoms with van der Waals surface area (Å²) in [6.45, 7) is 2.23. The molecule has 1 heterocycles. The molecule has 0 unspecified atom stereocenters. The molecule has 0 spiro atoms. The van der Waals surface area contributed by atoms with E-state index in [4.69, 9.17) is 0 Å². The smallest absolute Gasteiger partial charge is 0.0806 e. The lowest BCUT2D eigenvalue weighted by Gasteiger charge is -2.12. The van der Waals surface area contributed by atoms with E-state index in [0.717, 1.165) is 12.8 Å². The van der Waals surface area contributed by atoms with Gasteiger partial charge in [-0.15, -0.1) is 0 Å². The Morgan fingerprint density at radius 1 is 0.800 bits per heavy atom. The molecule has 4 rings (SSSR count). The van der Waals surface area contributed by atoms with Gasteiger partial charge in [0.25, 0.3) is 0 Å². The van der Waals surface area contributed by atoms with Gasteiger partial charge in [0.15, 0.2) is 0 Å². The van der Waals surface area contributed by atoms with Crippen LogP contribution in [0.25, 0.3) is 26.8 Å². The molecule has 2 heteroatoms. The normalized spacial score (nSPS) is 12.1. The molecule has 1 nitrogen and oxygen atoms in total. The standard InChI is InChI=1S/C23H21NS/c1-2-3-17-23(25-18-11-5-4-6-12-18)24-21-15-9-7-13-19(21)20-14-8-10-16-22(20)24/h4-17H,2-3H2,1H3. The summed E-state index contributed by atoms with van der Waals surface area (Å²) in [5.74, 6) is 0. The number of rotatable bonds is 5. The van der Waals surface area contributed by atoms with E-state index in [0.29, 0.717) is 0 Å². The minimum Gasteiger partial charge on any atom is -0.304 e. The summed E-state index contributed by atoms with van der Waals surface area (Å²) in [6.07, 6.45) is 4.60. The Hall–Kier alpha value is -2.45. The van der Waals surface area contributed by atoms with Crippen LogP contribution in [0.15, 0.2) is 89.8 Å². The zero-order valence-corrected chi connectivity index (χ0v) is 15.2. The highest BCUT2D eigenvalue weighted by Crippen LogP contribution is 2.38. The molecule has 0 aliphatic heterocycles. The van der Waals surface area contributed by atoms with E-state index in [1.807, 2.05) is 11.8 Å². The monoisotopic (exact) mass is 343 g/mol. The summed E-state index contributed by atoms with van der Waals surface area (Å²) in [4.78, 5) is 1.27. The number of benzene rings is 3. The number of allylic oxidation sites excluding steroid dienone is 1. The molecule has 1 aromatic heterocycles. The second kappa shape index (κ2) is 7.20. The van der Waals surface area contributed by atoms with Gasteiger partial charge in [-0.1, -0.05) is 85.8 Å². The number of nitrogens with zero attached hydrogens (tertiary/aromatic N) is 1. The van der Waals surface area contributed by atoms with Crippen LogP contribution in [0.3, 0.4) is 0 Å². The van der Waals surface area contributed by atoms with Gasteiger partial charge in [-0.2, -0.15) is 0 Å². The highest BCUT2D eigenvalue weighted by atomic mass is 32.2. The molecule has 0 atom stereocenters. The van der Waals surface area contributed by atoms with Gasteiger partial charge in [-0.05, 0) is 30.7 Å². The van der Waals surface area contributed by atoms with E-state index >= 15 is 0 Å². The first-order chi connectivity index (χ1) is 12.4. The number of para-hydroxylation sites is 2. The van der Waals surface area contributed by atoms with Crippen molar-refractivity contribution in [2.24, 2.45) is 0 Å². The third-order valence-corrected chi connectivity index (χ3v) is 5.44. The molecule has 0 saturated heterocycles. The predicted molar refractivity (Wildman–Crippen MR) is 111 cm³/mol. The molecule has 0 aliphatic rings. The molecular weight excluding hydrogens is 322 g/mol. The molecule has 3 aromatic carbocycles. The molecule has 4 aromatic rings.